The number of nitrogens with zero attached hydrogens (tertiary/aromatic N) is 1. The third-order valence-corrected chi connectivity index (χ3v) is 6.63. The number of hydrogen-bond donors (Lipinski definition) is 5. The monoisotopic (exact) mass is 502 g/mol. The number of aromatic nitrogens is 2. The third kappa shape index (κ3) is 4.56. The van der Waals surface area contributed by atoms with E-state index in [4.69, 9.17) is 16.7 Å². The van der Waals surface area contributed by atoms with Gasteiger partial charge in [0, 0.05) is 15.8 Å². The Balaban J connectivity index is 1.90. The van der Waals surface area contributed by atoms with Crippen LogP contribution >= 0.6 is 22.9 Å². The predicted octanol–water partition coefficient (Wildman–Crippen LogP) is 2.51. The highest BCUT2D eigenvalue weighted by molar-refractivity contribution is 7.90. The first kappa shape index (κ1) is 23.2. The Bertz CT molecular complexity index is 1420. The number of carboxylic acid groups (broad SMARTS) is 1. The fourth-order valence-corrected chi connectivity index (χ4v) is 4.76. The zero-order valence-electron chi connectivity index (χ0n) is 15.8. The minimum atomic E-state index is -4.51. The molecule has 0 unspecified atom stereocenters. The Hall–Kier alpha value is -3.49. The van der Waals surface area contributed by atoms with E-state index in [1.54, 1.807) is 4.72 Å². The summed E-state index contributed by atoms with van der Waals surface area (Å²) in [6, 6.07) is 0.388. The Morgan fingerprint density at radius 2 is 1.97 bits per heavy atom. The van der Waals surface area contributed by atoms with Crippen molar-refractivity contribution in [1.82, 2.24) is 14.7 Å². The molecule has 3 rings (SSSR count). The predicted molar refractivity (Wildman–Crippen MR) is 112 cm³/mol. The molecule has 2 amide bonds. The number of anilines is 1. The first-order valence-electron chi connectivity index (χ1n) is 8.33. The smallest absolute Gasteiger partial charge is 0.358 e. The summed E-state index contributed by atoms with van der Waals surface area (Å²) in [5.74, 6) is -3.97. The maximum atomic E-state index is 13.6. The number of aromatic hydroxyl groups is 1. The lowest BCUT2D eigenvalue weighted by Gasteiger charge is -2.12. The van der Waals surface area contributed by atoms with Crippen LogP contribution < -0.4 is 15.6 Å². The van der Waals surface area contributed by atoms with Crippen LogP contribution in [-0.2, 0) is 10.0 Å². The summed E-state index contributed by atoms with van der Waals surface area (Å²) in [4.78, 5) is 40.5. The lowest BCUT2D eigenvalue weighted by atomic mass is 10.2. The summed E-state index contributed by atoms with van der Waals surface area (Å²) in [6.07, 6.45) is 0. The molecule has 11 nitrogen and oxygen atoms in total. The molecule has 0 saturated heterocycles. The minimum absolute atomic E-state index is 0.0247. The molecule has 0 aliphatic heterocycles. The zero-order valence-corrected chi connectivity index (χ0v) is 18.2. The number of amides is 2. The highest BCUT2D eigenvalue weighted by Crippen LogP contribution is 2.30. The van der Waals surface area contributed by atoms with E-state index in [1.165, 1.54) is 17.7 Å². The molecule has 0 saturated carbocycles. The number of hydrogen-bond acceptors (Lipinski definition) is 8. The van der Waals surface area contributed by atoms with Gasteiger partial charge >= 0.3 is 12.0 Å². The highest BCUT2D eigenvalue weighted by atomic mass is 35.5. The fourth-order valence-electron chi connectivity index (χ4n) is 2.55. The number of carboxylic acids is 1. The van der Waals surface area contributed by atoms with E-state index in [0.29, 0.717) is 6.07 Å². The Morgan fingerprint density at radius 3 is 2.62 bits per heavy atom. The summed E-state index contributed by atoms with van der Waals surface area (Å²) in [5, 5.41) is 23.4. The van der Waals surface area contributed by atoms with Crippen molar-refractivity contribution in [3.63, 3.8) is 0 Å². The van der Waals surface area contributed by atoms with E-state index in [9.17, 15) is 32.3 Å². The number of nitrogens with one attached hydrogen (secondary N) is 3. The molecule has 168 valence electrons. The van der Waals surface area contributed by atoms with Crippen LogP contribution in [0.1, 0.15) is 16.1 Å². The van der Waals surface area contributed by atoms with Gasteiger partial charge in [0.2, 0.25) is 5.75 Å². The summed E-state index contributed by atoms with van der Waals surface area (Å²) in [7, 11) is -4.51. The maximum absolute atomic E-state index is 13.6. The van der Waals surface area contributed by atoms with Crippen LogP contribution in [0, 0.1) is 12.7 Å². The molecular formula is C17H12ClFN4O7S2. The summed E-state index contributed by atoms with van der Waals surface area (Å²) >= 11 is 6.81. The quantitative estimate of drug-likeness (QED) is 0.353. The van der Waals surface area contributed by atoms with E-state index < -0.39 is 49.7 Å². The molecule has 3 aromatic rings. The van der Waals surface area contributed by atoms with Gasteiger partial charge in [-0.1, -0.05) is 11.6 Å². The zero-order chi connectivity index (χ0) is 23.8. The van der Waals surface area contributed by atoms with Crippen LogP contribution in [0.5, 0.6) is 5.75 Å². The molecule has 0 atom stereocenters. The molecule has 0 aliphatic rings. The number of sulfonamides is 1. The average Bonchev–Trinajstić information content (AvgIpc) is 3.13. The van der Waals surface area contributed by atoms with Crippen molar-refractivity contribution < 1.29 is 32.6 Å². The van der Waals surface area contributed by atoms with Gasteiger partial charge in [-0.15, -0.1) is 11.3 Å². The van der Waals surface area contributed by atoms with Crippen LogP contribution in [0.3, 0.4) is 0 Å². The molecule has 1 aromatic carbocycles. The number of rotatable bonds is 5. The van der Waals surface area contributed by atoms with Crippen LogP contribution in [0.25, 0.3) is 11.4 Å². The maximum Gasteiger partial charge on any atom is 0.358 e. The van der Waals surface area contributed by atoms with Gasteiger partial charge in [0.15, 0.2) is 5.69 Å². The van der Waals surface area contributed by atoms with Crippen molar-refractivity contribution in [2.24, 2.45) is 0 Å². The molecule has 5 N–H and O–H groups in total. The van der Waals surface area contributed by atoms with E-state index in [1.807, 2.05) is 0 Å². The number of carbonyl (C=O) groups is 2. The van der Waals surface area contributed by atoms with Gasteiger partial charge in [-0.3, -0.25) is 4.79 Å². The van der Waals surface area contributed by atoms with Crippen molar-refractivity contribution in [1.29, 1.82) is 0 Å². The molecule has 2 aromatic heterocycles. The first-order chi connectivity index (χ1) is 14.9. The minimum Gasteiger partial charge on any atom is -0.501 e. The van der Waals surface area contributed by atoms with E-state index >= 15 is 0 Å². The van der Waals surface area contributed by atoms with Crippen molar-refractivity contribution >= 4 is 50.6 Å². The number of carbonyl (C=O) groups excluding carboxylic acids is 1. The number of aromatic amines is 1. The van der Waals surface area contributed by atoms with Gasteiger partial charge in [0.1, 0.15) is 11.6 Å². The lowest BCUT2D eigenvalue weighted by molar-refractivity contribution is 0.0686. The van der Waals surface area contributed by atoms with Crippen LogP contribution in [0.4, 0.5) is 14.9 Å². The molecule has 0 fully saturated rings. The van der Waals surface area contributed by atoms with Crippen LogP contribution in [0.15, 0.2) is 32.6 Å². The van der Waals surface area contributed by atoms with Gasteiger partial charge < -0.3 is 20.5 Å². The summed E-state index contributed by atoms with van der Waals surface area (Å²) in [6.45, 7) is 1.33. The van der Waals surface area contributed by atoms with E-state index in [0.717, 1.165) is 17.4 Å². The van der Waals surface area contributed by atoms with E-state index in [-0.39, 0.29) is 27.7 Å². The normalized spacial score (nSPS) is 11.2. The molecule has 0 radical (unpaired) electrons. The first-order valence-corrected chi connectivity index (χ1v) is 11.1. The van der Waals surface area contributed by atoms with Crippen molar-refractivity contribution in [3.05, 3.63) is 55.3 Å². The molecule has 0 spiro atoms. The average molecular weight is 503 g/mol. The Labute approximate surface area is 187 Å². The molecule has 0 bridgehead atoms. The number of aromatic carboxylic acids is 1. The SMILES string of the molecule is Cc1c(Cl)cc(F)cc1S(=O)(=O)NC(=O)Nc1cscc1-c1nc(C(=O)O)c(O)c(=O)[nH]1. The molecule has 0 aliphatic carbocycles. The van der Waals surface area contributed by atoms with Gasteiger partial charge in [-0.2, -0.15) is 0 Å². The van der Waals surface area contributed by atoms with Gasteiger partial charge in [0.05, 0.1) is 16.1 Å². The number of H-pyrrole nitrogens is 1. The summed E-state index contributed by atoms with van der Waals surface area (Å²) in [5.41, 5.74) is -1.99. The Kier molecular flexibility index (Phi) is 6.20. The highest BCUT2D eigenvalue weighted by Gasteiger charge is 2.24. The van der Waals surface area contributed by atoms with Crippen molar-refractivity contribution in [2.45, 2.75) is 11.8 Å². The fraction of sp³-hybridized carbons (Fsp3) is 0.0588. The molecule has 15 heteroatoms. The number of urea groups is 1. The topological polar surface area (TPSA) is 179 Å². The largest absolute Gasteiger partial charge is 0.501 e. The van der Waals surface area contributed by atoms with Gasteiger partial charge in [0.25, 0.3) is 15.6 Å². The van der Waals surface area contributed by atoms with Gasteiger partial charge in [-0.25, -0.2) is 32.1 Å². The second-order valence-electron chi connectivity index (χ2n) is 6.19. The molecule has 2 heterocycles. The van der Waals surface area contributed by atoms with E-state index in [2.05, 4.69) is 15.3 Å². The number of halogens is 2. The number of thiophene rings is 1. The number of benzene rings is 1. The van der Waals surface area contributed by atoms with Crippen LogP contribution in [-0.4, -0.2) is 40.6 Å². The van der Waals surface area contributed by atoms with Crippen molar-refractivity contribution in [2.75, 3.05) is 5.32 Å². The third-order valence-electron chi connectivity index (χ3n) is 4.04. The molecule has 32 heavy (non-hydrogen) atoms. The van der Waals surface area contributed by atoms with Crippen LogP contribution in [0.2, 0.25) is 5.02 Å². The molecular weight excluding hydrogens is 491 g/mol. The summed E-state index contributed by atoms with van der Waals surface area (Å²) < 4.78 is 40.3. The van der Waals surface area contributed by atoms with Gasteiger partial charge in [-0.05, 0) is 24.6 Å². The lowest BCUT2D eigenvalue weighted by Crippen LogP contribution is -2.34. The Morgan fingerprint density at radius 1 is 1.28 bits per heavy atom. The van der Waals surface area contributed by atoms with Crippen molar-refractivity contribution in [3.8, 4) is 17.1 Å². The second kappa shape index (κ2) is 8.57. The standard InChI is InChI=1S/C17H12ClFN4O7S2/c1-6-9(18)2-7(19)3-11(6)32(29,30)23-17(28)20-10-5-31-4-8(10)14-21-12(16(26)27)13(24)15(25)22-14/h2-5,24H,1H3,(H,26,27)(H2,20,23,28)(H,21,22,25). The second-order valence-corrected chi connectivity index (χ2v) is 8.99.